The fourth-order valence-corrected chi connectivity index (χ4v) is 6.17. The van der Waals surface area contributed by atoms with Gasteiger partial charge in [0.15, 0.2) is 0 Å². The van der Waals surface area contributed by atoms with E-state index in [1.165, 1.54) is 4.90 Å². The number of likely N-dealkylation sites (tertiary alicyclic amines) is 1. The number of hydrogen-bond donors (Lipinski definition) is 2. The molecule has 1 saturated heterocycles. The van der Waals surface area contributed by atoms with Crippen LogP contribution in [0.15, 0.2) is 42.5 Å². The van der Waals surface area contributed by atoms with Gasteiger partial charge in [-0.3, -0.25) is 0 Å². The lowest BCUT2D eigenvalue weighted by Gasteiger charge is -2.47. The first kappa shape index (κ1) is 34.0. The topological polar surface area (TPSA) is 110 Å². The van der Waals surface area contributed by atoms with Crippen molar-refractivity contribution < 1.29 is 38.7 Å². The van der Waals surface area contributed by atoms with Crippen molar-refractivity contribution in [2.75, 3.05) is 71.7 Å². The predicted octanol–water partition coefficient (Wildman–Crippen LogP) is 4.77. The minimum Gasteiger partial charge on any atom is -0.490 e. The van der Waals surface area contributed by atoms with Crippen LogP contribution in [-0.4, -0.2) is 100 Å². The van der Waals surface area contributed by atoms with E-state index in [-0.39, 0.29) is 24.9 Å². The lowest BCUT2D eigenvalue weighted by molar-refractivity contribution is -0.0873. The second kappa shape index (κ2) is 15.9. The smallest absolute Gasteiger partial charge is 0.407 e. The largest absolute Gasteiger partial charge is 0.490 e. The molecule has 0 saturated carbocycles. The third-order valence-electron chi connectivity index (χ3n) is 8.55. The Morgan fingerprint density at radius 1 is 1.00 bits per heavy atom. The van der Waals surface area contributed by atoms with Crippen LogP contribution in [0.5, 0.6) is 5.75 Å². The Morgan fingerprint density at radius 3 is 2.41 bits per heavy atom. The molecular formula is C34H50N2O8. The summed E-state index contributed by atoms with van der Waals surface area (Å²) in [5.41, 5.74) is 3.61. The Morgan fingerprint density at radius 2 is 1.73 bits per heavy atom. The maximum absolute atomic E-state index is 12.3. The number of fused-ring (bicyclic) bond motifs is 1. The van der Waals surface area contributed by atoms with Gasteiger partial charge in [0.05, 0.1) is 57.4 Å². The fraction of sp³-hybridized carbons (Fsp3) is 0.618. The van der Waals surface area contributed by atoms with E-state index in [1.807, 2.05) is 45.0 Å². The number of aliphatic hydroxyl groups excluding tert-OH is 1. The fourth-order valence-electron chi connectivity index (χ4n) is 6.17. The average Bonchev–Trinajstić information content (AvgIpc) is 3.01. The maximum Gasteiger partial charge on any atom is 0.407 e. The summed E-state index contributed by atoms with van der Waals surface area (Å²) in [4.78, 5) is 16.0. The number of carbonyl (C=O) groups is 1. The molecule has 0 aromatic heterocycles. The van der Waals surface area contributed by atoms with Crippen LogP contribution in [0.2, 0.25) is 0 Å². The van der Waals surface area contributed by atoms with Gasteiger partial charge in [0.25, 0.3) is 0 Å². The monoisotopic (exact) mass is 614 g/mol. The molecule has 10 heteroatoms. The summed E-state index contributed by atoms with van der Waals surface area (Å²) in [5, 5.41) is 21.6. The van der Waals surface area contributed by atoms with E-state index in [0.29, 0.717) is 39.6 Å². The molecule has 2 aliphatic rings. The van der Waals surface area contributed by atoms with Crippen molar-refractivity contribution in [3.05, 3.63) is 59.2 Å². The molecule has 0 bridgehead atoms. The summed E-state index contributed by atoms with van der Waals surface area (Å²) in [7, 11) is 3.36. The van der Waals surface area contributed by atoms with E-state index in [1.54, 1.807) is 14.2 Å². The number of hydrogen-bond acceptors (Lipinski definition) is 8. The molecule has 2 aromatic rings. The number of anilines is 1. The Kier molecular flexibility index (Phi) is 12.3. The highest BCUT2D eigenvalue weighted by molar-refractivity contribution is 5.65. The van der Waals surface area contributed by atoms with E-state index in [0.717, 1.165) is 47.6 Å². The predicted molar refractivity (Wildman–Crippen MR) is 168 cm³/mol. The van der Waals surface area contributed by atoms with Gasteiger partial charge in [0.2, 0.25) is 0 Å². The molecule has 2 N–H and O–H groups in total. The Labute approximate surface area is 261 Å². The third kappa shape index (κ3) is 8.85. The summed E-state index contributed by atoms with van der Waals surface area (Å²) < 4.78 is 28.5. The Balaban J connectivity index is 1.58. The van der Waals surface area contributed by atoms with Crippen molar-refractivity contribution in [3.63, 3.8) is 0 Å². The van der Waals surface area contributed by atoms with Crippen LogP contribution in [0.1, 0.15) is 49.8 Å². The molecule has 0 radical (unpaired) electrons. The molecule has 44 heavy (non-hydrogen) atoms. The van der Waals surface area contributed by atoms with Crippen molar-refractivity contribution in [1.82, 2.24) is 4.90 Å². The normalized spacial score (nSPS) is 21.1. The van der Waals surface area contributed by atoms with Gasteiger partial charge in [-0.05, 0) is 40.7 Å². The van der Waals surface area contributed by atoms with E-state index in [2.05, 4.69) is 23.1 Å². The van der Waals surface area contributed by atoms with Crippen LogP contribution < -0.4 is 9.64 Å². The van der Waals surface area contributed by atoms with Crippen molar-refractivity contribution in [3.8, 4) is 5.75 Å². The molecule has 1 unspecified atom stereocenters. The summed E-state index contributed by atoms with van der Waals surface area (Å²) in [5.74, 6) is 0.279. The minimum absolute atomic E-state index is 0.213. The second-order valence-corrected chi connectivity index (χ2v) is 12.8. The number of rotatable bonds is 14. The van der Waals surface area contributed by atoms with Gasteiger partial charge < -0.3 is 43.7 Å². The van der Waals surface area contributed by atoms with Crippen molar-refractivity contribution in [2.45, 2.75) is 58.5 Å². The molecule has 244 valence electrons. The van der Waals surface area contributed by atoms with Gasteiger partial charge in [-0.1, -0.05) is 51.1 Å². The molecular weight excluding hydrogens is 564 g/mol. The average molecular weight is 615 g/mol. The molecule has 2 heterocycles. The number of piperidine rings is 1. The molecule has 10 nitrogen and oxygen atoms in total. The third-order valence-corrected chi connectivity index (χ3v) is 8.55. The summed E-state index contributed by atoms with van der Waals surface area (Å²) in [6.07, 6.45) is -1.31. The minimum atomic E-state index is -1.01. The Hall–Kier alpha value is -2.89. The van der Waals surface area contributed by atoms with Crippen molar-refractivity contribution >= 4 is 11.8 Å². The molecule has 1 fully saturated rings. The first-order valence-corrected chi connectivity index (χ1v) is 15.5. The molecule has 2 aromatic carbocycles. The second-order valence-electron chi connectivity index (χ2n) is 12.8. The van der Waals surface area contributed by atoms with Crippen molar-refractivity contribution in [1.29, 1.82) is 0 Å². The van der Waals surface area contributed by atoms with Gasteiger partial charge in [-0.15, -0.1) is 0 Å². The molecule has 2 aliphatic heterocycles. The van der Waals surface area contributed by atoms with Crippen LogP contribution in [-0.2, 0) is 32.2 Å². The van der Waals surface area contributed by atoms with Crippen LogP contribution in [0.4, 0.5) is 10.5 Å². The standard InChI is InChI=1S/C34H50N2O8/c1-34(2,3)32(37)27-20-36(33(38)39)21-30(31(27)26-10-7-24(8-11-26)22-42-18-17-41-5)44-23-25-9-12-29-28(19-25)35(14-16-43-29)13-6-15-40-4/h7-12,19,27,30-32,37H,6,13-18,20-23H2,1-5H3,(H,38,39)/t27-,30+,31+,32?/m1/s1. The molecule has 4 atom stereocenters. The number of methoxy groups -OCH3 is 2. The van der Waals surface area contributed by atoms with Crippen LogP contribution >= 0.6 is 0 Å². The van der Waals surface area contributed by atoms with E-state index >= 15 is 0 Å². The molecule has 0 spiro atoms. The highest BCUT2D eigenvalue weighted by atomic mass is 16.5. The Bertz CT molecular complexity index is 1180. The number of ether oxygens (including phenoxy) is 5. The van der Waals surface area contributed by atoms with Gasteiger partial charge in [-0.2, -0.15) is 0 Å². The van der Waals surface area contributed by atoms with E-state index in [9.17, 15) is 15.0 Å². The van der Waals surface area contributed by atoms with Crippen LogP contribution in [0.3, 0.4) is 0 Å². The number of aliphatic hydroxyl groups is 1. The van der Waals surface area contributed by atoms with Gasteiger partial charge in [-0.25, -0.2) is 4.79 Å². The summed E-state index contributed by atoms with van der Waals surface area (Å²) >= 11 is 0. The quantitative estimate of drug-likeness (QED) is 0.291. The summed E-state index contributed by atoms with van der Waals surface area (Å²) in [6.45, 7) is 11.2. The first-order chi connectivity index (χ1) is 21.1. The highest BCUT2D eigenvalue weighted by Crippen LogP contribution is 2.42. The molecule has 4 rings (SSSR count). The van der Waals surface area contributed by atoms with Crippen molar-refractivity contribution in [2.24, 2.45) is 11.3 Å². The zero-order valence-electron chi connectivity index (χ0n) is 26.9. The SMILES string of the molecule is COCCCN1CCOc2ccc(CO[C@H]3CN(C(=O)O)C[C@@H](C(O)C(C)(C)C)[C@@H]3c3ccc(COCCOC)cc3)cc21. The van der Waals surface area contributed by atoms with Crippen LogP contribution in [0, 0.1) is 11.3 Å². The number of amides is 1. The van der Waals surface area contributed by atoms with Crippen LogP contribution in [0.25, 0.3) is 0 Å². The zero-order valence-corrected chi connectivity index (χ0v) is 26.9. The lowest BCUT2D eigenvalue weighted by atomic mass is 9.69. The number of nitrogens with zero attached hydrogens (tertiary/aromatic N) is 2. The number of benzene rings is 2. The zero-order chi connectivity index (χ0) is 31.7. The first-order valence-electron chi connectivity index (χ1n) is 15.5. The number of carboxylic acid groups (broad SMARTS) is 1. The van der Waals surface area contributed by atoms with Gasteiger partial charge in [0.1, 0.15) is 12.4 Å². The van der Waals surface area contributed by atoms with Gasteiger partial charge in [0, 0.05) is 45.8 Å². The maximum atomic E-state index is 12.3. The summed E-state index contributed by atoms with van der Waals surface area (Å²) in [6, 6.07) is 14.3. The van der Waals surface area contributed by atoms with E-state index < -0.39 is 23.7 Å². The molecule has 1 amide bonds. The van der Waals surface area contributed by atoms with E-state index in [4.69, 9.17) is 23.7 Å². The molecule has 0 aliphatic carbocycles. The lowest BCUT2D eigenvalue weighted by Crippen LogP contribution is -2.55. The highest BCUT2D eigenvalue weighted by Gasteiger charge is 2.46. The van der Waals surface area contributed by atoms with Gasteiger partial charge >= 0.3 is 6.09 Å².